The Morgan fingerprint density at radius 2 is 2.32 bits per heavy atom. The number of carbonyl (C=O) groups is 1. The van der Waals surface area contributed by atoms with E-state index in [1.165, 1.54) is 0 Å². The van der Waals surface area contributed by atoms with E-state index in [1.54, 1.807) is 6.92 Å². The SMILES string of the molecule is CCc1noc(C)c1C(=O)N1CCCC(c2ncc(C)[nH]2)C1. The van der Waals surface area contributed by atoms with Crippen LogP contribution in [0.15, 0.2) is 10.7 Å². The highest BCUT2D eigenvalue weighted by Crippen LogP contribution is 2.27. The molecule has 1 aliphatic heterocycles. The van der Waals surface area contributed by atoms with Gasteiger partial charge in [-0.2, -0.15) is 0 Å². The van der Waals surface area contributed by atoms with Gasteiger partial charge in [0, 0.05) is 30.9 Å². The second-order valence-corrected chi connectivity index (χ2v) is 5.96. The van der Waals surface area contributed by atoms with Gasteiger partial charge in [0.1, 0.15) is 17.1 Å². The zero-order valence-electron chi connectivity index (χ0n) is 13.3. The minimum atomic E-state index is 0.0311. The molecule has 3 heterocycles. The minimum absolute atomic E-state index is 0.0311. The van der Waals surface area contributed by atoms with Gasteiger partial charge < -0.3 is 14.4 Å². The molecule has 1 N–H and O–H groups in total. The van der Waals surface area contributed by atoms with Crippen LogP contribution in [0.4, 0.5) is 0 Å². The number of likely N-dealkylation sites (tertiary alicyclic amines) is 1. The second kappa shape index (κ2) is 5.94. The fraction of sp³-hybridized carbons (Fsp3) is 0.562. The number of imidazole rings is 1. The van der Waals surface area contributed by atoms with Crippen LogP contribution in [0.25, 0.3) is 0 Å². The summed E-state index contributed by atoms with van der Waals surface area (Å²) in [6, 6.07) is 0. The van der Waals surface area contributed by atoms with Crippen LogP contribution in [-0.4, -0.2) is 39.0 Å². The van der Waals surface area contributed by atoms with Gasteiger partial charge in [-0.3, -0.25) is 4.79 Å². The first-order valence-electron chi connectivity index (χ1n) is 7.86. The number of amides is 1. The van der Waals surface area contributed by atoms with E-state index in [-0.39, 0.29) is 11.8 Å². The van der Waals surface area contributed by atoms with E-state index in [2.05, 4.69) is 15.1 Å². The summed E-state index contributed by atoms with van der Waals surface area (Å²) in [6.45, 7) is 7.26. The molecule has 22 heavy (non-hydrogen) atoms. The molecule has 0 radical (unpaired) electrons. The number of H-pyrrole nitrogens is 1. The maximum Gasteiger partial charge on any atom is 0.259 e. The van der Waals surface area contributed by atoms with Gasteiger partial charge in [-0.15, -0.1) is 0 Å². The van der Waals surface area contributed by atoms with E-state index in [0.29, 0.717) is 24.3 Å². The van der Waals surface area contributed by atoms with Crippen LogP contribution < -0.4 is 0 Å². The highest BCUT2D eigenvalue weighted by molar-refractivity contribution is 5.96. The lowest BCUT2D eigenvalue weighted by Gasteiger charge is -2.31. The van der Waals surface area contributed by atoms with E-state index in [1.807, 2.05) is 24.9 Å². The fourth-order valence-electron chi connectivity index (χ4n) is 3.12. The maximum absolute atomic E-state index is 12.8. The standard InChI is InChI=1S/C16H22N4O2/c1-4-13-14(11(3)22-19-13)16(21)20-7-5-6-12(9-20)15-17-8-10(2)18-15/h8,12H,4-7,9H2,1-3H3,(H,17,18). The molecule has 0 aromatic carbocycles. The highest BCUT2D eigenvalue weighted by atomic mass is 16.5. The average Bonchev–Trinajstić information content (AvgIpc) is 3.12. The number of nitrogens with one attached hydrogen (secondary N) is 1. The quantitative estimate of drug-likeness (QED) is 0.945. The normalized spacial score (nSPS) is 18.7. The van der Waals surface area contributed by atoms with E-state index in [0.717, 1.165) is 36.6 Å². The summed E-state index contributed by atoms with van der Waals surface area (Å²) in [5, 5.41) is 3.99. The van der Waals surface area contributed by atoms with Gasteiger partial charge in [-0.25, -0.2) is 4.98 Å². The molecule has 6 nitrogen and oxygen atoms in total. The van der Waals surface area contributed by atoms with Crippen molar-refractivity contribution >= 4 is 5.91 Å². The van der Waals surface area contributed by atoms with Crippen molar-refractivity contribution < 1.29 is 9.32 Å². The number of hydrogen-bond donors (Lipinski definition) is 1. The molecule has 0 bridgehead atoms. The van der Waals surface area contributed by atoms with Gasteiger partial charge in [0.15, 0.2) is 0 Å². The van der Waals surface area contributed by atoms with Gasteiger partial charge in [0.2, 0.25) is 0 Å². The van der Waals surface area contributed by atoms with Crippen LogP contribution in [0.2, 0.25) is 0 Å². The van der Waals surface area contributed by atoms with Crippen molar-refractivity contribution in [2.75, 3.05) is 13.1 Å². The summed E-state index contributed by atoms with van der Waals surface area (Å²) in [4.78, 5) is 22.5. The number of aromatic amines is 1. The van der Waals surface area contributed by atoms with Crippen LogP contribution in [0.5, 0.6) is 0 Å². The first-order valence-corrected chi connectivity index (χ1v) is 7.86. The lowest BCUT2D eigenvalue weighted by molar-refractivity contribution is 0.0702. The molecule has 1 atom stereocenters. The first-order chi connectivity index (χ1) is 10.6. The third-order valence-electron chi connectivity index (χ3n) is 4.30. The average molecular weight is 302 g/mol. The Morgan fingerprint density at radius 1 is 1.50 bits per heavy atom. The molecule has 1 unspecified atom stereocenters. The lowest BCUT2D eigenvalue weighted by Crippen LogP contribution is -2.39. The molecule has 6 heteroatoms. The summed E-state index contributed by atoms with van der Waals surface area (Å²) < 4.78 is 5.20. The molecule has 1 aliphatic rings. The van der Waals surface area contributed by atoms with Crippen molar-refractivity contribution in [3.63, 3.8) is 0 Å². The molecule has 2 aromatic heterocycles. The largest absolute Gasteiger partial charge is 0.361 e. The summed E-state index contributed by atoms with van der Waals surface area (Å²) in [5.41, 5.74) is 2.44. The van der Waals surface area contributed by atoms with Crippen molar-refractivity contribution in [1.29, 1.82) is 0 Å². The van der Waals surface area contributed by atoms with Crippen LogP contribution in [-0.2, 0) is 6.42 Å². The predicted octanol–water partition coefficient (Wildman–Crippen LogP) is 2.60. The minimum Gasteiger partial charge on any atom is -0.361 e. The van der Waals surface area contributed by atoms with E-state index in [4.69, 9.17) is 4.52 Å². The van der Waals surface area contributed by atoms with Gasteiger partial charge in [-0.05, 0) is 33.1 Å². The number of hydrogen-bond acceptors (Lipinski definition) is 4. The third-order valence-corrected chi connectivity index (χ3v) is 4.30. The topological polar surface area (TPSA) is 75.0 Å². The Labute approximate surface area is 129 Å². The maximum atomic E-state index is 12.8. The molecule has 1 saturated heterocycles. The first kappa shape index (κ1) is 14.8. The molecule has 0 spiro atoms. The fourth-order valence-corrected chi connectivity index (χ4v) is 3.12. The number of aromatic nitrogens is 3. The van der Waals surface area contributed by atoms with Crippen molar-refractivity contribution in [2.24, 2.45) is 0 Å². The molecular formula is C16H22N4O2. The molecule has 0 aliphatic carbocycles. The van der Waals surface area contributed by atoms with Crippen LogP contribution in [0, 0.1) is 13.8 Å². The van der Waals surface area contributed by atoms with Crippen molar-refractivity contribution in [1.82, 2.24) is 20.0 Å². The Bertz CT molecular complexity index is 673. The number of nitrogens with zero attached hydrogens (tertiary/aromatic N) is 3. The molecule has 1 fully saturated rings. The summed E-state index contributed by atoms with van der Waals surface area (Å²) >= 11 is 0. The van der Waals surface area contributed by atoms with Gasteiger partial charge in [0.05, 0.1) is 5.69 Å². The van der Waals surface area contributed by atoms with Gasteiger partial charge >= 0.3 is 0 Å². The monoisotopic (exact) mass is 302 g/mol. The molecule has 118 valence electrons. The Balaban J connectivity index is 1.79. The van der Waals surface area contributed by atoms with E-state index in [9.17, 15) is 4.79 Å². The number of carbonyl (C=O) groups excluding carboxylic acids is 1. The molecule has 3 rings (SSSR count). The third kappa shape index (κ3) is 2.65. The van der Waals surface area contributed by atoms with Crippen LogP contribution in [0.3, 0.4) is 0 Å². The smallest absolute Gasteiger partial charge is 0.259 e. The summed E-state index contributed by atoms with van der Waals surface area (Å²) in [6.07, 6.45) is 4.59. The van der Waals surface area contributed by atoms with Gasteiger partial charge in [-0.1, -0.05) is 12.1 Å². The van der Waals surface area contributed by atoms with Crippen LogP contribution >= 0.6 is 0 Å². The molecule has 0 saturated carbocycles. The van der Waals surface area contributed by atoms with Crippen molar-refractivity contribution in [3.05, 3.63) is 34.7 Å². The lowest BCUT2D eigenvalue weighted by atomic mass is 9.96. The molecule has 2 aromatic rings. The number of piperidine rings is 1. The predicted molar refractivity (Wildman–Crippen MR) is 81.8 cm³/mol. The zero-order valence-corrected chi connectivity index (χ0v) is 13.3. The Hall–Kier alpha value is -2.11. The summed E-state index contributed by atoms with van der Waals surface area (Å²) in [7, 11) is 0. The van der Waals surface area contributed by atoms with Crippen molar-refractivity contribution in [2.45, 2.75) is 46.0 Å². The number of aryl methyl sites for hydroxylation is 3. The van der Waals surface area contributed by atoms with E-state index >= 15 is 0 Å². The highest BCUT2D eigenvalue weighted by Gasteiger charge is 2.30. The van der Waals surface area contributed by atoms with Crippen LogP contribution in [0.1, 0.15) is 59.0 Å². The zero-order chi connectivity index (χ0) is 15.7. The Kier molecular flexibility index (Phi) is 4.00. The van der Waals surface area contributed by atoms with E-state index < -0.39 is 0 Å². The van der Waals surface area contributed by atoms with Crippen molar-refractivity contribution in [3.8, 4) is 0 Å². The number of rotatable bonds is 3. The van der Waals surface area contributed by atoms with Gasteiger partial charge in [0.25, 0.3) is 5.91 Å². The Morgan fingerprint density at radius 3 is 3.00 bits per heavy atom. The molecular weight excluding hydrogens is 280 g/mol. The molecule has 1 amide bonds. The summed E-state index contributed by atoms with van der Waals surface area (Å²) in [5.74, 6) is 1.89. The second-order valence-electron chi connectivity index (χ2n) is 5.96.